The molecule has 2 amide bonds. The van der Waals surface area contributed by atoms with Gasteiger partial charge in [-0.1, -0.05) is 32.9 Å². The summed E-state index contributed by atoms with van der Waals surface area (Å²) in [6.07, 6.45) is 4.44. The molecule has 0 spiro atoms. The first-order valence-corrected chi connectivity index (χ1v) is 22.0. The molecular weight excluding hydrogens is 813 g/mol. The molecule has 0 saturated carbocycles. The Morgan fingerprint density at radius 1 is 0.953 bits per heavy atom. The molecule has 4 atom stereocenters. The first kappa shape index (κ1) is 48.8. The molecule has 4 aromatic rings. The van der Waals surface area contributed by atoms with Gasteiger partial charge in [0.25, 0.3) is 0 Å². The molecule has 0 radical (unpaired) electrons. The first-order chi connectivity index (χ1) is 30.7. The van der Waals surface area contributed by atoms with Gasteiger partial charge in [-0.25, -0.2) is 4.68 Å². The van der Waals surface area contributed by atoms with Crippen molar-refractivity contribution < 1.29 is 33.4 Å². The third-order valence-electron chi connectivity index (χ3n) is 11.4. The number of ketones is 3. The number of hydrogen-bond acceptors (Lipinski definition) is 12. The fourth-order valence-corrected chi connectivity index (χ4v) is 8.16. The van der Waals surface area contributed by atoms with Crippen molar-refractivity contribution in [1.82, 2.24) is 20.0 Å². The number of rotatable bonds is 19. The molecule has 64 heavy (non-hydrogen) atoms. The number of nitrogens with one attached hydrogen (secondary N) is 1. The number of nitrogens with zero attached hydrogens (tertiary/aromatic N) is 4. The number of carbonyl (C=O) groups excluding carboxylic acids is 5. The van der Waals surface area contributed by atoms with Crippen LogP contribution in [-0.2, 0) is 32.0 Å². The lowest BCUT2D eigenvalue weighted by Crippen LogP contribution is -2.46. The summed E-state index contributed by atoms with van der Waals surface area (Å²) < 4.78 is 14.0. The summed E-state index contributed by atoms with van der Waals surface area (Å²) in [5.74, 6) is -2.47. The van der Waals surface area contributed by atoms with Crippen molar-refractivity contribution in [1.29, 1.82) is 5.26 Å². The molecule has 15 heteroatoms. The highest BCUT2D eigenvalue weighted by Crippen LogP contribution is 2.41. The van der Waals surface area contributed by atoms with Crippen molar-refractivity contribution in [2.24, 2.45) is 35.0 Å². The third-order valence-corrected chi connectivity index (χ3v) is 11.4. The van der Waals surface area contributed by atoms with Gasteiger partial charge in [0.05, 0.1) is 24.0 Å². The van der Waals surface area contributed by atoms with E-state index in [0.717, 1.165) is 23.2 Å². The number of nitriles is 1. The molecule has 0 saturated heterocycles. The quantitative estimate of drug-likeness (QED) is 0.0914. The molecule has 1 aliphatic heterocycles. The molecule has 1 aromatic heterocycles. The van der Waals surface area contributed by atoms with Crippen LogP contribution in [0.5, 0.6) is 11.5 Å². The van der Waals surface area contributed by atoms with E-state index in [4.69, 9.17) is 26.7 Å². The Labute approximate surface area is 375 Å². The van der Waals surface area contributed by atoms with Crippen molar-refractivity contribution >= 4 is 29.2 Å². The smallest absolute Gasteiger partial charge is 0.226 e. The molecule has 7 N–H and O–H groups in total. The standard InChI is InChI=1S/C49H62N8O7/c1-30(2)21-34-28-54-57(29-34)37-10-11-38(31(3)22-37)43(59)27-36(14-16-51)49(62)56(5)47-35-9-13-46(64-20-18-53)40(26-35)39-24-33(8-12-45(39)63-19-17-52)25-41(42(58)7-6-15-50)55-48(61)32(4)23-44(47)60/h8-13,22,24,26,28-30,32,36,41,47H,6-7,14,16-21,23,25,27,51-53H2,1-5H3,(H,55,61)/t32-,36-,41+,47+/m1/s1. The summed E-state index contributed by atoms with van der Waals surface area (Å²) in [5.41, 5.74) is 23.1. The van der Waals surface area contributed by atoms with Crippen LogP contribution < -0.4 is 32.0 Å². The van der Waals surface area contributed by atoms with Gasteiger partial charge in [-0.05, 0) is 103 Å². The zero-order chi connectivity index (χ0) is 46.5. The molecule has 2 heterocycles. The number of aryl methyl sites for hydroxylation is 1. The highest BCUT2D eigenvalue weighted by Gasteiger charge is 2.36. The van der Waals surface area contributed by atoms with Gasteiger partial charge in [0.1, 0.15) is 30.8 Å². The minimum absolute atomic E-state index is 0.0267. The van der Waals surface area contributed by atoms with E-state index < -0.39 is 41.5 Å². The van der Waals surface area contributed by atoms with Crippen LogP contribution in [0.25, 0.3) is 16.8 Å². The van der Waals surface area contributed by atoms with Crippen LogP contribution in [0.2, 0.25) is 0 Å². The van der Waals surface area contributed by atoms with E-state index in [-0.39, 0.29) is 82.9 Å². The predicted octanol–water partition coefficient (Wildman–Crippen LogP) is 4.97. The normalized spacial score (nSPS) is 16.9. The number of Topliss-reactive ketones (excluding diaryl/α,β-unsaturated/α-hetero) is 3. The van der Waals surface area contributed by atoms with E-state index >= 15 is 0 Å². The molecule has 15 nitrogen and oxygen atoms in total. The summed E-state index contributed by atoms with van der Waals surface area (Å²) >= 11 is 0. The SMILES string of the molecule is Cc1cc(-n2cc(CC(C)C)cn2)ccc1C(=O)C[C@@H](CCN)C(=O)N(C)[C@@H]1C(=O)C[C@@H](C)C(=O)N[C@H](C(=O)CCC#N)Cc2ccc(OCCN)c(c2)-c2cc1ccc2OCCN. The summed E-state index contributed by atoms with van der Waals surface area (Å²) in [4.78, 5) is 72.1. The summed E-state index contributed by atoms with van der Waals surface area (Å²) in [6.45, 7) is 8.63. The van der Waals surface area contributed by atoms with E-state index in [1.807, 2.05) is 43.6 Å². The third kappa shape index (κ3) is 12.3. The number of ether oxygens (including phenoxy) is 2. The minimum Gasteiger partial charge on any atom is -0.492 e. The van der Waals surface area contributed by atoms with Gasteiger partial charge >= 0.3 is 0 Å². The van der Waals surface area contributed by atoms with E-state index in [9.17, 15) is 29.2 Å². The molecular formula is C49H62N8O7. The molecule has 340 valence electrons. The Hall–Kier alpha value is -6.21. The number of amides is 2. The van der Waals surface area contributed by atoms with Crippen molar-refractivity contribution in [3.8, 4) is 34.4 Å². The number of benzene rings is 3. The number of hydrogen-bond donors (Lipinski definition) is 4. The van der Waals surface area contributed by atoms with Crippen molar-refractivity contribution in [2.45, 2.75) is 84.7 Å². The maximum Gasteiger partial charge on any atom is 0.226 e. The van der Waals surface area contributed by atoms with Crippen LogP contribution in [0.4, 0.5) is 0 Å². The molecule has 1 aliphatic rings. The maximum atomic E-state index is 14.7. The van der Waals surface area contributed by atoms with Crippen LogP contribution in [0.1, 0.15) is 91.5 Å². The zero-order valence-corrected chi connectivity index (χ0v) is 37.6. The summed E-state index contributed by atoms with van der Waals surface area (Å²) in [5, 5.41) is 16.6. The molecule has 0 unspecified atom stereocenters. The van der Waals surface area contributed by atoms with Crippen molar-refractivity contribution in [3.63, 3.8) is 0 Å². The molecule has 0 fully saturated rings. The average molecular weight is 875 g/mol. The van der Waals surface area contributed by atoms with Gasteiger partial charge in [0.15, 0.2) is 17.3 Å². The molecule has 0 aliphatic carbocycles. The van der Waals surface area contributed by atoms with Crippen molar-refractivity contribution in [2.75, 3.05) is 39.9 Å². The first-order valence-electron chi connectivity index (χ1n) is 22.0. The Bertz CT molecular complexity index is 2350. The highest BCUT2D eigenvalue weighted by molar-refractivity contribution is 6.01. The summed E-state index contributed by atoms with van der Waals surface area (Å²) in [6, 6.07) is 15.8. The van der Waals surface area contributed by atoms with Gasteiger partial charge in [-0.3, -0.25) is 24.0 Å². The fraction of sp³-hybridized carbons (Fsp3) is 0.449. The minimum atomic E-state index is -1.22. The van der Waals surface area contributed by atoms with Gasteiger partial charge in [0, 0.05) is 80.5 Å². The van der Waals surface area contributed by atoms with Crippen LogP contribution in [0, 0.1) is 36.0 Å². The van der Waals surface area contributed by atoms with Gasteiger partial charge < -0.3 is 36.9 Å². The molecule has 4 bridgehead atoms. The fourth-order valence-electron chi connectivity index (χ4n) is 8.16. The number of aromatic nitrogens is 2. The number of carbonyl (C=O) groups is 5. The van der Waals surface area contributed by atoms with Crippen LogP contribution in [0.3, 0.4) is 0 Å². The van der Waals surface area contributed by atoms with Gasteiger partial charge in [-0.15, -0.1) is 0 Å². The van der Waals surface area contributed by atoms with Crippen LogP contribution in [0.15, 0.2) is 67.0 Å². The second kappa shape index (κ2) is 22.9. The number of nitrogens with two attached hydrogens (primary N) is 3. The second-order valence-corrected chi connectivity index (χ2v) is 17.0. The Balaban J connectivity index is 1.55. The Kier molecular flexibility index (Phi) is 17.5. The maximum absolute atomic E-state index is 14.7. The highest BCUT2D eigenvalue weighted by atomic mass is 16.5. The van der Waals surface area contributed by atoms with Gasteiger partial charge in [-0.2, -0.15) is 10.4 Å². The number of likely N-dealkylation sites (N-methyl/N-ethyl adjacent to an activating group) is 1. The Morgan fingerprint density at radius 2 is 1.64 bits per heavy atom. The van der Waals surface area contributed by atoms with Gasteiger partial charge in [0.2, 0.25) is 11.8 Å². The topological polar surface area (TPSA) is 239 Å². The van der Waals surface area contributed by atoms with E-state index in [1.54, 1.807) is 48.0 Å². The van der Waals surface area contributed by atoms with Crippen molar-refractivity contribution in [3.05, 3.63) is 94.8 Å². The predicted molar refractivity (Wildman–Crippen MR) is 244 cm³/mol. The van der Waals surface area contributed by atoms with E-state index in [0.29, 0.717) is 45.2 Å². The second-order valence-electron chi connectivity index (χ2n) is 17.0. The lowest BCUT2D eigenvalue weighted by molar-refractivity contribution is -0.142. The summed E-state index contributed by atoms with van der Waals surface area (Å²) in [7, 11) is 1.52. The number of fused-ring (bicyclic) bond motifs is 5. The monoisotopic (exact) mass is 874 g/mol. The van der Waals surface area contributed by atoms with Crippen LogP contribution >= 0.6 is 0 Å². The van der Waals surface area contributed by atoms with Crippen LogP contribution in [-0.4, -0.2) is 89.8 Å². The van der Waals surface area contributed by atoms with E-state index in [2.05, 4.69) is 24.3 Å². The molecule has 3 aromatic carbocycles. The molecule has 5 rings (SSSR count). The lowest BCUT2D eigenvalue weighted by atomic mass is 9.88. The van der Waals surface area contributed by atoms with E-state index in [1.165, 1.54) is 11.9 Å². The largest absolute Gasteiger partial charge is 0.492 e. The Morgan fingerprint density at radius 3 is 2.28 bits per heavy atom. The zero-order valence-electron chi connectivity index (χ0n) is 37.6. The lowest BCUT2D eigenvalue weighted by Gasteiger charge is -2.32. The average Bonchev–Trinajstić information content (AvgIpc) is 3.73.